The number of aromatic nitrogens is 1. The molecule has 0 N–H and O–H groups in total. The van der Waals surface area contributed by atoms with Crippen LogP contribution in [0, 0.1) is 0 Å². The zero-order valence-corrected chi connectivity index (χ0v) is 24.4. The lowest BCUT2D eigenvalue weighted by molar-refractivity contribution is 0.0924. The summed E-state index contributed by atoms with van der Waals surface area (Å²) in [6, 6.07) is 43.0. The number of benzene rings is 6. The summed E-state index contributed by atoms with van der Waals surface area (Å²) in [5.74, 6) is -1.32. The maximum atomic E-state index is 14.2. The second-order valence-electron chi connectivity index (χ2n) is 11.1. The number of imide groups is 1. The first kappa shape index (κ1) is 27.2. The monoisotopic (exact) mass is 596 g/mol. The molecule has 0 saturated carbocycles. The quantitative estimate of drug-likeness (QED) is 0.144. The fourth-order valence-electron chi connectivity index (χ4n) is 6.48. The van der Waals surface area contributed by atoms with Crippen LogP contribution in [-0.4, -0.2) is 27.9 Å². The Kier molecular flexibility index (Phi) is 6.29. The van der Waals surface area contributed by atoms with Gasteiger partial charge in [-0.25, -0.2) is 4.90 Å². The van der Waals surface area contributed by atoms with Crippen LogP contribution in [0.5, 0.6) is 0 Å². The molecule has 0 radical (unpaired) electrons. The predicted molar refractivity (Wildman–Crippen MR) is 178 cm³/mol. The fraction of sp³-hybridized carbons (Fsp3) is 0. The Hall–Kier alpha value is -6.40. The molecule has 1 aromatic heterocycles. The third kappa shape index (κ3) is 4.04. The molecule has 0 unspecified atom stereocenters. The van der Waals surface area contributed by atoms with Gasteiger partial charge in [-0.3, -0.25) is 19.2 Å². The Labute approximate surface area is 263 Å². The Morgan fingerprint density at radius 1 is 0.457 bits per heavy atom. The van der Waals surface area contributed by atoms with Crippen LogP contribution in [0.15, 0.2) is 146 Å². The molecule has 0 fully saturated rings. The van der Waals surface area contributed by atoms with E-state index in [1.807, 2.05) is 71.3 Å². The number of hydrogen-bond acceptors (Lipinski definition) is 4. The Morgan fingerprint density at radius 3 is 1.46 bits per heavy atom. The number of nitrogens with zero attached hydrogens (tertiary/aromatic N) is 2. The van der Waals surface area contributed by atoms with Crippen molar-refractivity contribution in [1.82, 2.24) is 4.57 Å². The van der Waals surface area contributed by atoms with Crippen molar-refractivity contribution in [3.8, 4) is 5.69 Å². The van der Waals surface area contributed by atoms with Gasteiger partial charge >= 0.3 is 0 Å². The lowest BCUT2D eigenvalue weighted by Gasteiger charge is -2.16. The van der Waals surface area contributed by atoms with Crippen molar-refractivity contribution in [3.05, 3.63) is 179 Å². The predicted octanol–water partition coefficient (Wildman–Crippen LogP) is 8.05. The topological polar surface area (TPSA) is 76.5 Å². The van der Waals surface area contributed by atoms with Gasteiger partial charge in [0.1, 0.15) is 0 Å². The maximum Gasteiger partial charge on any atom is 0.268 e. The van der Waals surface area contributed by atoms with E-state index in [-0.39, 0.29) is 22.7 Å². The SMILES string of the molecule is O=C(c1ccccc1)c1cccc2c3cccc(C(=O)c4ccccc4)c3n(-c3cccc4c3C(=O)N(c3ccccc3)C4=O)c12. The van der Waals surface area contributed by atoms with Crippen LogP contribution in [0.2, 0.25) is 0 Å². The molecule has 0 aliphatic carbocycles. The zero-order chi connectivity index (χ0) is 31.4. The second kappa shape index (κ2) is 10.6. The summed E-state index contributed by atoms with van der Waals surface area (Å²) in [6.07, 6.45) is 0. The van der Waals surface area contributed by atoms with E-state index < -0.39 is 11.8 Å². The van der Waals surface area contributed by atoms with Crippen LogP contribution in [0.4, 0.5) is 5.69 Å². The number of carbonyl (C=O) groups excluding carboxylic acids is 4. The second-order valence-corrected chi connectivity index (χ2v) is 11.1. The van der Waals surface area contributed by atoms with Crippen LogP contribution < -0.4 is 4.90 Å². The molecule has 46 heavy (non-hydrogen) atoms. The lowest BCUT2D eigenvalue weighted by Crippen LogP contribution is -2.29. The van der Waals surface area contributed by atoms with E-state index >= 15 is 0 Å². The molecule has 7 aromatic rings. The molecule has 6 heteroatoms. The summed E-state index contributed by atoms with van der Waals surface area (Å²) in [5.41, 5.74) is 4.26. The van der Waals surface area contributed by atoms with Crippen molar-refractivity contribution in [3.63, 3.8) is 0 Å². The van der Waals surface area contributed by atoms with Gasteiger partial charge in [0.15, 0.2) is 11.6 Å². The van der Waals surface area contributed by atoms with Gasteiger partial charge in [-0.15, -0.1) is 0 Å². The van der Waals surface area contributed by atoms with E-state index in [9.17, 15) is 19.2 Å². The van der Waals surface area contributed by atoms with Gasteiger partial charge < -0.3 is 4.57 Å². The molecule has 2 heterocycles. The molecule has 8 rings (SSSR count). The number of para-hydroxylation sites is 3. The fourth-order valence-corrected chi connectivity index (χ4v) is 6.48. The Bertz CT molecular complexity index is 2270. The van der Waals surface area contributed by atoms with Gasteiger partial charge in [-0.1, -0.05) is 109 Å². The van der Waals surface area contributed by atoms with Gasteiger partial charge in [0, 0.05) is 33.0 Å². The number of anilines is 1. The summed E-state index contributed by atoms with van der Waals surface area (Å²) in [7, 11) is 0. The minimum Gasteiger partial charge on any atom is -0.307 e. The molecule has 1 aliphatic heterocycles. The van der Waals surface area contributed by atoms with E-state index in [2.05, 4.69) is 0 Å². The van der Waals surface area contributed by atoms with Crippen molar-refractivity contribution in [1.29, 1.82) is 0 Å². The van der Waals surface area contributed by atoms with Crippen LogP contribution in [-0.2, 0) is 0 Å². The molecule has 2 amide bonds. The van der Waals surface area contributed by atoms with Crippen molar-refractivity contribution >= 4 is 50.9 Å². The van der Waals surface area contributed by atoms with Crippen molar-refractivity contribution in [2.75, 3.05) is 4.90 Å². The van der Waals surface area contributed by atoms with Gasteiger partial charge in [-0.05, 0) is 36.4 Å². The van der Waals surface area contributed by atoms with Gasteiger partial charge in [0.25, 0.3) is 11.8 Å². The molecule has 0 spiro atoms. The first-order chi connectivity index (χ1) is 22.5. The van der Waals surface area contributed by atoms with Crippen molar-refractivity contribution < 1.29 is 19.2 Å². The normalized spacial score (nSPS) is 12.6. The Balaban J connectivity index is 1.48. The molecule has 218 valence electrons. The molecular formula is C40H24N2O4. The van der Waals surface area contributed by atoms with E-state index in [1.165, 1.54) is 4.90 Å². The van der Waals surface area contributed by atoms with Crippen molar-refractivity contribution in [2.24, 2.45) is 0 Å². The standard InChI is InChI=1S/C40H24N2O4/c43-37(25-13-4-1-5-14-25)31-22-10-19-28-29-20-11-23-32(38(44)26-15-6-2-7-16-26)36(29)42(35(28)31)33-24-12-21-30-34(33)40(46)41(39(30)45)27-17-8-3-9-18-27/h1-24H. The highest BCUT2D eigenvalue weighted by atomic mass is 16.2. The number of carbonyl (C=O) groups is 4. The van der Waals surface area contributed by atoms with Crippen LogP contribution in [0.3, 0.4) is 0 Å². The average molecular weight is 597 g/mol. The number of rotatable bonds is 6. The van der Waals surface area contributed by atoms with E-state index in [4.69, 9.17) is 0 Å². The number of hydrogen-bond donors (Lipinski definition) is 0. The molecule has 6 nitrogen and oxygen atoms in total. The molecule has 0 saturated heterocycles. The highest BCUT2D eigenvalue weighted by Gasteiger charge is 2.39. The summed E-state index contributed by atoms with van der Waals surface area (Å²) in [4.78, 5) is 57.5. The number of ketones is 2. The molecule has 0 atom stereocenters. The third-order valence-electron chi connectivity index (χ3n) is 8.52. The first-order valence-electron chi connectivity index (χ1n) is 14.9. The first-order valence-corrected chi connectivity index (χ1v) is 14.9. The number of fused-ring (bicyclic) bond motifs is 4. The molecule has 1 aliphatic rings. The van der Waals surface area contributed by atoms with E-state index in [0.29, 0.717) is 44.7 Å². The zero-order valence-electron chi connectivity index (χ0n) is 24.4. The van der Waals surface area contributed by atoms with Crippen LogP contribution in [0.1, 0.15) is 52.6 Å². The average Bonchev–Trinajstić information content (AvgIpc) is 3.59. The van der Waals surface area contributed by atoms with Crippen LogP contribution in [0.25, 0.3) is 27.5 Å². The highest BCUT2D eigenvalue weighted by molar-refractivity contribution is 6.36. The number of amides is 2. The molecule has 6 aromatic carbocycles. The molecule has 0 bridgehead atoms. The summed E-state index contributed by atoms with van der Waals surface area (Å²) in [5, 5.41) is 1.49. The van der Waals surface area contributed by atoms with Gasteiger partial charge in [-0.2, -0.15) is 0 Å². The van der Waals surface area contributed by atoms with Gasteiger partial charge in [0.2, 0.25) is 0 Å². The Morgan fingerprint density at radius 2 is 0.935 bits per heavy atom. The van der Waals surface area contributed by atoms with E-state index in [0.717, 1.165) is 10.8 Å². The summed E-state index contributed by atoms with van der Waals surface area (Å²) >= 11 is 0. The minimum atomic E-state index is -0.476. The summed E-state index contributed by atoms with van der Waals surface area (Å²) < 4.78 is 1.83. The highest BCUT2D eigenvalue weighted by Crippen LogP contribution is 2.40. The lowest BCUT2D eigenvalue weighted by atomic mass is 9.99. The molecular weight excluding hydrogens is 572 g/mol. The van der Waals surface area contributed by atoms with Crippen LogP contribution >= 0.6 is 0 Å². The van der Waals surface area contributed by atoms with Gasteiger partial charge in [0.05, 0.1) is 33.5 Å². The third-order valence-corrected chi connectivity index (χ3v) is 8.52. The smallest absolute Gasteiger partial charge is 0.268 e. The summed E-state index contributed by atoms with van der Waals surface area (Å²) in [6.45, 7) is 0. The minimum absolute atomic E-state index is 0.202. The maximum absolute atomic E-state index is 14.2. The largest absolute Gasteiger partial charge is 0.307 e. The van der Waals surface area contributed by atoms with Crippen molar-refractivity contribution in [2.45, 2.75) is 0 Å². The van der Waals surface area contributed by atoms with E-state index in [1.54, 1.807) is 78.9 Å².